The fraction of sp³-hybridized carbons (Fsp3) is 0.182. The van der Waals surface area contributed by atoms with Crippen LogP contribution in [0.4, 0.5) is 13.2 Å². The van der Waals surface area contributed by atoms with Crippen molar-refractivity contribution in [3.63, 3.8) is 0 Å². The van der Waals surface area contributed by atoms with Gasteiger partial charge in [0, 0.05) is 17.7 Å². The standard InChI is InChI=1S/C11H9F3O2/c1-3-10(15)16-5-7-6(2)11(14)9(13)4-8(7)12/h3-4H,1,5H2,2H3. The molecule has 0 aliphatic rings. The van der Waals surface area contributed by atoms with Crippen LogP contribution in [0, 0.1) is 24.4 Å². The van der Waals surface area contributed by atoms with Gasteiger partial charge >= 0.3 is 5.97 Å². The van der Waals surface area contributed by atoms with Gasteiger partial charge in [0.1, 0.15) is 12.4 Å². The highest BCUT2D eigenvalue weighted by molar-refractivity contribution is 5.81. The van der Waals surface area contributed by atoms with Crippen LogP contribution in [0.25, 0.3) is 0 Å². The molecular formula is C11H9F3O2. The van der Waals surface area contributed by atoms with Crippen LogP contribution in [0.15, 0.2) is 18.7 Å². The van der Waals surface area contributed by atoms with Crippen molar-refractivity contribution in [2.24, 2.45) is 0 Å². The zero-order chi connectivity index (χ0) is 12.3. The zero-order valence-electron chi connectivity index (χ0n) is 8.52. The highest BCUT2D eigenvalue weighted by Gasteiger charge is 2.16. The normalized spacial score (nSPS) is 10.0. The molecule has 16 heavy (non-hydrogen) atoms. The Hall–Kier alpha value is -1.78. The van der Waals surface area contributed by atoms with Crippen molar-refractivity contribution in [1.82, 2.24) is 0 Å². The SMILES string of the molecule is C=CC(=O)OCc1c(F)cc(F)c(F)c1C. The second-order valence-electron chi connectivity index (χ2n) is 3.07. The minimum absolute atomic E-state index is 0.186. The molecule has 0 aliphatic heterocycles. The summed E-state index contributed by atoms with van der Waals surface area (Å²) in [5.74, 6) is -4.13. The lowest BCUT2D eigenvalue weighted by molar-refractivity contribution is -0.139. The van der Waals surface area contributed by atoms with Crippen LogP contribution in [0.1, 0.15) is 11.1 Å². The molecule has 0 aromatic heterocycles. The third-order valence-electron chi connectivity index (χ3n) is 2.06. The smallest absolute Gasteiger partial charge is 0.330 e. The van der Waals surface area contributed by atoms with Crippen molar-refractivity contribution in [2.75, 3.05) is 0 Å². The van der Waals surface area contributed by atoms with Crippen LogP contribution in [-0.2, 0) is 16.1 Å². The number of ether oxygens (including phenoxy) is 1. The summed E-state index contributed by atoms with van der Waals surface area (Å²) in [7, 11) is 0. The van der Waals surface area contributed by atoms with Gasteiger partial charge in [-0.05, 0) is 12.5 Å². The molecule has 0 unspecified atom stereocenters. The Morgan fingerprint density at radius 1 is 1.44 bits per heavy atom. The molecule has 0 fully saturated rings. The molecule has 1 rings (SSSR count). The summed E-state index contributed by atoms with van der Waals surface area (Å²) in [6.07, 6.45) is 0.896. The molecule has 0 spiro atoms. The van der Waals surface area contributed by atoms with Gasteiger partial charge in [0.2, 0.25) is 0 Å². The molecule has 0 N–H and O–H groups in total. The van der Waals surface area contributed by atoms with Crippen molar-refractivity contribution < 1.29 is 22.7 Å². The Morgan fingerprint density at radius 2 is 2.06 bits per heavy atom. The van der Waals surface area contributed by atoms with E-state index in [2.05, 4.69) is 11.3 Å². The lowest BCUT2D eigenvalue weighted by Crippen LogP contribution is -2.06. The number of hydrogen-bond acceptors (Lipinski definition) is 2. The molecule has 0 amide bonds. The number of halogens is 3. The molecule has 0 bridgehead atoms. The fourth-order valence-corrected chi connectivity index (χ4v) is 1.13. The minimum Gasteiger partial charge on any atom is -0.458 e. The van der Waals surface area contributed by atoms with E-state index in [-0.39, 0.29) is 11.1 Å². The second kappa shape index (κ2) is 4.83. The van der Waals surface area contributed by atoms with E-state index in [0.717, 1.165) is 6.08 Å². The topological polar surface area (TPSA) is 26.3 Å². The van der Waals surface area contributed by atoms with E-state index in [0.29, 0.717) is 6.07 Å². The molecule has 2 nitrogen and oxygen atoms in total. The summed E-state index contributed by atoms with van der Waals surface area (Å²) in [5, 5.41) is 0. The van der Waals surface area contributed by atoms with Crippen LogP contribution in [0.2, 0.25) is 0 Å². The summed E-state index contributed by atoms with van der Waals surface area (Å²) >= 11 is 0. The average molecular weight is 230 g/mol. The van der Waals surface area contributed by atoms with Crippen molar-refractivity contribution in [3.8, 4) is 0 Å². The van der Waals surface area contributed by atoms with Crippen molar-refractivity contribution in [2.45, 2.75) is 13.5 Å². The first-order chi connectivity index (χ1) is 7.47. The highest BCUT2D eigenvalue weighted by atomic mass is 19.2. The van der Waals surface area contributed by atoms with Gasteiger partial charge < -0.3 is 4.74 Å². The average Bonchev–Trinajstić information content (AvgIpc) is 2.25. The number of esters is 1. The number of rotatable bonds is 3. The van der Waals surface area contributed by atoms with Gasteiger partial charge in [-0.1, -0.05) is 6.58 Å². The molecular weight excluding hydrogens is 221 g/mol. The predicted octanol–water partition coefficient (Wildman–Crippen LogP) is 2.64. The zero-order valence-corrected chi connectivity index (χ0v) is 8.52. The molecule has 0 saturated heterocycles. The highest BCUT2D eigenvalue weighted by Crippen LogP contribution is 2.20. The number of benzene rings is 1. The van der Waals surface area contributed by atoms with Crippen molar-refractivity contribution in [1.29, 1.82) is 0 Å². The van der Waals surface area contributed by atoms with E-state index < -0.39 is 30.0 Å². The fourth-order valence-electron chi connectivity index (χ4n) is 1.13. The molecule has 0 radical (unpaired) electrons. The summed E-state index contributed by atoms with van der Waals surface area (Å²) in [6.45, 7) is 3.90. The summed E-state index contributed by atoms with van der Waals surface area (Å²) < 4.78 is 43.6. The third kappa shape index (κ3) is 2.42. The van der Waals surface area contributed by atoms with E-state index in [4.69, 9.17) is 0 Å². The van der Waals surface area contributed by atoms with Crippen molar-refractivity contribution in [3.05, 3.63) is 47.3 Å². The minimum atomic E-state index is -1.27. The van der Waals surface area contributed by atoms with E-state index in [1.807, 2.05) is 0 Å². The monoisotopic (exact) mass is 230 g/mol. The molecule has 0 aliphatic carbocycles. The molecule has 86 valence electrons. The Labute approximate surface area is 90.3 Å². The maximum absolute atomic E-state index is 13.2. The molecule has 1 aromatic carbocycles. The van der Waals surface area contributed by atoms with E-state index in [9.17, 15) is 18.0 Å². The van der Waals surface area contributed by atoms with Crippen LogP contribution in [-0.4, -0.2) is 5.97 Å². The molecule has 1 aromatic rings. The first kappa shape index (κ1) is 12.3. The Kier molecular flexibility index (Phi) is 3.71. The van der Waals surface area contributed by atoms with E-state index in [1.165, 1.54) is 6.92 Å². The third-order valence-corrected chi connectivity index (χ3v) is 2.06. The first-order valence-electron chi connectivity index (χ1n) is 4.39. The van der Waals surface area contributed by atoms with Crippen LogP contribution >= 0.6 is 0 Å². The van der Waals surface area contributed by atoms with Gasteiger partial charge in [-0.3, -0.25) is 0 Å². The predicted molar refractivity (Wildman–Crippen MR) is 51.0 cm³/mol. The van der Waals surface area contributed by atoms with Crippen LogP contribution < -0.4 is 0 Å². The summed E-state index contributed by atoms with van der Waals surface area (Å²) in [6, 6.07) is 0.416. The van der Waals surface area contributed by atoms with Crippen LogP contribution in [0.5, 0.6) is 0 Å². The van der Waals surface area contributed by atoms with E-state index >= 15 is 0 Å². The van der Waals surface area contributed by atoms with Gasteiger partial charge in [-0.25, -0.2) is 18.0 Å². The van der Waals surface area contributed by atoms with Crippen molar-refractivity contribution >= 4 is 5.97 Å². The number of carbonyl (C=O) groups is 1. The molecule has 0 atom stereocenters. The quantitative estimate of drug-likeness (QED) is 0.453. The molecule has 0 saturated carbocycles. The van der Waals surface area contributed by atoms with Crippen LogP contribution in [0.3, 0.4) is 0 Å². The number of carbonyl (C=O) groups excluding carboxylic acids is 1. The maximum atomic E-state index is 13.2. The lowest BCUT2D eigenvalue weighted by Gasteiger charge is -2.08. The van der Waals surface area contributed by atoms with Gasteiger partial charge in [-0.15, -0.1) is 0 Å². The maximum Gasteiger partial charge on any atom is 0.330 e. The van der Waals surface area contributed by atoms with Gasteiger partial charge in [0.05, 0.1) is 0 Å². The van der Waals surface area contributed by atoms with E-state index in [1.54, 1.807) is 0 Å². The van der Waals surface area contributed by atoms with Gasteiger partial charge in [0.25, 0.3) is 0 Å². The molecule has 5 heteroatoms. The van der Waals surface area contributed by atoms with Gasteiger partial charge in [0.15, 0.2) is 11.6 Å². The Morgan fingerprint density at radius 3 is 2.62 bits per heavy atom. The second-order valence-corrected chi connectivity index (χ2v) is 3.07. The summed E-state index contributed by atoms with van der Waals surface area (Å²) in [5.41, 5.74) is -0.400. The largest absolute Gasteiger partial charge is 0.458 e. The van der Waals surface area contributed by atoms with Gasteiger partial charge in [-0.2, -0.15) is 0 Å². The Balaban J connectivity index is 3.00. The molecule has 0 heterocycles. The summed E-state index contributed by atoms with van der Waals surface area (Å²) in [4.78, 5) is 10.7. The number of hydrogen-bond donors (Lipinski definition) is 0. The Bertz CT molecular complexity index is 441. The first-order valence-corrected chi connectivity index (χ1v) is 4.39. The lowest BCUT2D eigenvalue weighted by atomic mass is 10.1.